The molecule has 0 aliphatic heterocycles. The maximum absolute atomic E-state index is 14.4. The van der Waals surface area contributed by atoms with Gasteiger partial charge in [-0.15, -0.1) is 0 Å². The molecule has 0 aliphatic carbocycles. The van der Waals surface area contributed by atoms with E-state index in [2.05, 4.69) is 48.5 Å². The first-order valence-corrected chi connectivity index (χ1v) is 13.3. The fourth-order valence-electron chi connectivity index (χ4n) is 6.13. The molecule has 0 unspecified atom stereocenters. The molecule has 0 amide bonds. The van der Waals surface area contributed by atoms with Gasteiger partial charge < -0.3 is 5.73 Å². The van der Waals surface area contributed by atoms with Gasteiger partial charge in [-0.25, -0.2) is 4.98 Å². The minimum Gasteiger partial charge on any atom is -0.398 e. The van der Waals surface area contributed by atoms with Gasteiger partial charge in [0, 0.05) is 38.4 Å². The topological polar surface area (TPSA) is 60.4 Å². The number of nitrogen functional groups attached to an aromatic ring is 1. The van der Waals surface area contributed by atoms with E-state index in [-0.39, 0.29) is 5.56 Å². The van der Waals surface area contributed by atoms with E-state index in [9.17, 15) is 4.79 Å². The predicted molar refractivity (Wildman–Crippen MR) is 166 cm³/mol. The minimum absolute atomic E-state index is 0.0948. The Kier molecular flexibility index (Phi) is 4.79. The van der Waals surface area contributed by atoms with Gasteiger partial charge >= 0.3 is 0 Å². The lowest BCUT2D eigenvalue weighted by Crippen LogP contribution is -2.14. The van der Waals surface area contributed by atoms with Crippen molar-refractivity contribution >= 4 is 43.9 Å². The van der Waals surface area contributed by atoms with E-state index in [0.717, 1.165) is 60.6 Å². The molecule has 188 valence electrons. The third kappa shape index (κ3) is 3.13. The molecule has 0 atom stereocenters. The standard InChI is InChI=1S/C36H23N3O/c37-30-21-20-28-31-29(19-16-25(32(30)31)22-10-4-1-5-11-22)36(40)39-34-27(24-14-8-3-9-15-24)18-17-26(33(34)38-35(28)39)23-12-6-2-7-13-23/h1-21H,37H2. The number of nitrogens with zero attached hydrogens (tertiary/aromatic N) is 2. The summed E-state index contributed by atoms with van der Waals surface area (Å²) in [6, 6.07) is 42.7. The van der Waals surface area contributed by atoms with Gasteiger partial charge in [-0.05, 0) is 40.5 Å². The number of hydrogen-bond donors (Lipinski definition) is 1. The summed E-state index contributed by atoms with van der Waals surface area (Å²) in [5.74, 6) is 0. The molecule has 0 saturated carbocycles. The Balaban J connectivity index is 1.59. The van der Waals surface area contributed by atoms with Crippen LogP contribution in [0.3, 0.4) is 0 Å². The van der Waals surface area contributed by atoms with Gasteiger partial charge in [0.1, 0.15) is 5.65 Å². The van der Waals surface area contributed by atoms with Crippen molar-refractivity contribution in [3.8, 4) is 33.4 Å². The number of rotatable bonds is 3. The van der Waals surface area contributed by atoms with Crippen molar-refractivity contribution in [3.63, 3.8) is 0 Å². The summed E-state index contributed by atoms with van der Waals surface area (Å²) in [5.41, 5.74) is 15.5. The van der Waals surface area contributed by atoms with Crippen LogP contribution in [0.4, 0.5) is 5.69 Å². The van der Waals surface area contributed by atoms with Crippen LogP contribution >= 0.6 is 0 Å². The van der Waals surface area contributed by atoms with Gasteiger partial charge in [0.05, 0.1) is 11.0 Å². The number of anilines is 1. The maximum Gasteiger partial charge on any atom is 0.264 e. The Labute approximate surface area is 229 Å². The van der Waals surface area contributed by atoms with E-state index in [1.54, 1.807) is 4.40 Å². The number of aromatic nitrogens is 2. The first-order chi connectivity index (χ1) is 19.7. The molecule has 4 heteroatoms. The van der Waals surface area contributed by atoms with Crippen molar-refractivity contribution in [2.45, 2.75) is 0 Å². The second kappa shape index (κ2) is 8.52. The molecule has 40 heavy (non-hydrogen) atoms. The molecular formula is C36H23N3O. The summed E-state index contributed by atoms with van der Waals surface area (Å²) in [4.78, 5) is 19.7. The van der Waals surface area contributed by atoms with Crippen molar-refractivity contribution in [1.82, 2.24) is 9.38 Å². The Morgan fingerprint density at radius 2 is 1.05 bits per heavy atom. The molecule has 0 fully saturated rings. The summed E-state index contributed by atoms with van der Waals surface area (Å²) < 4.78 is 1.81. The summed E-state index contributed by atoms with van der Waals surface area (Å²) in [7, 11) is 0. The molecule has 4 nitrogen and oxygen atoms in total. The van der Waals surface area contributed by atoms with Gasteiger partial charge in [0.2, 0.25) is 0 Å². The smallest absolute Gasteiger partial charge is 0.264 e. The van der Waals surface area contributed by atoms with Crippen LogP contribution in [0.1, 0.15) is 0 Å². The maximum atomic E-state index is 14.4. The van der Waals surface area contributed by atoms with Crippen molar-refractivity contribution in [2.24, 2.45) is 0 Å². The van der Waals surface area contributed by atoms with Gasteiger partial charge in [-0.2, -0.15) is 0 Å². The Morgan fingerprint density at radius 3 is 1.70 bits per heavy atom. The Morgan fingerprint density at radius 1 is 0.525 bits per heavy atom. The highest BCUT2D eigenvalue weighted by Crippen LogP contribution is 2.41. The average molecular weight is 514 g/mol. The second-order valence-electron chi connectivity index (χ2n) is 10.1. The van der Waals surface area contributed by atoms with Crippen LogP contribution in [0, 0.1) is 0 Å². The minimum atomic E-state index is -0.0948. The van der Waals surface area contributed by atoms with E-state index in [1.165, 1.54) is 0 Å². The third-order valence-corrected chi connectivity index (χ3v) is 7.93. The molecule has 8 rings (SSSR count). The van der Waals surface area contributed by atoms with E-state index in [1.807, 2.05) is 78.9 Å². The van der Waals surface area contributed by atoms with E-state index < -0.39 is 0 Å². The van der Waals surface area contributed by atoms with E-state index >= 15 is 0 Å². The molecule has 2 N–H and O–H groups in total. The van der Waals surface area contributed by atoms with Crippen LogP contribution in [-0.2, 0) is 0 Å². The summed E-state index contributed by atoms with van der Waals surface area (Å²) in [6.45, 7) is 0. The van der Waals surface area contributed by atoms with Crippen LogP contribution < -0.4 is 11.3 Å². The largest absolute Gasteiger partial charge is 0.398 e. The van der Waals surface area contributed by atoms with Crippen molar-refractivity contribution in [2.75, 3.05) is 5.73 Å². The SMILES string of the molecule is Nc1ccc2c3c1c(-c1ccccc1)ccc3c(=O)n1c2nc2c(-c3ccccc3)ccc(-c3ccccc3)c21. The van der Waals surface area contributed by atoms with Crippen LogP contribution in [0.5, 0.6) is 0 Å². The van der Waals surface area contributed by atoms with Crippen molar-refractivity contribution in [3.05, 3.63) is 138 Å². The lowest BCUT2D eigenvalue weighted by molar-refractivity contribution is 1.19. The molecule has 0 saturated heterocycles. The highest BCUT2D eigenvalue weighted by molar-refractivity contribution is 6.23. The summed E-state index contributed by atoms with van der Waals surface area (Å²) in [5, 5.41) is 3.29. The van der Waals surface area contributed by atoms with Crippen LogP contribution in [0.2, 0.25) is 0 Å². The molecule has 0 spiro atoms. The first kappa shape index (κ1) is 22.5. The molecule has 0 aliphatic rings. The Hall–Kier alpha value is -5.48. The van der Waals surface area contributed by atoms with Gasteiger partial charge in [-0.3, -0.25) is 9.20 Å². The molecule has 6 aromatic carbocycles. The highest BCUT2D eigenvalue weighted by Gasteiger charge is 2.22. The van der Waals surface area contributed by atoms with E-state index in [4.69, 9.17) is 10.7 Å². The zero-order valence-corrected chi connectivity index (χ0v) is 21.5. The number of benzene rings is 6. The molecule has 2 aromatic heterocycles. The zero-order chi connectivity index (χ0) is 26.8. The first-order valence-electron chi connectivity index (χ1n) is 13.3. The van der Waals surface area contributed by atoms with Gasteiger partial charge in [-0.1, -0.05) is 109 Å². The number of imidazole rings is 1. The lowest BCUT2D eigenvalue weighted by Gasteiger charge is -2.14. The lowest BCUT2D eigenvalue weighted by atomic mass is 9.93. The molecule has 2 heterocycles. The quantitative estimate of drug-likeness (QED) is 0.242. The van der Waals surface area contributed by atoms with Gasteiger partial charge in [0.15, 0.2) is 0 Å². The molecule has 8 aromatic rings. The third-order valence-electron chi connectivity index (χ3n) is 7.93. The number of nitrogens with two attached hydrogens (primary N) is 1. The number of pyridine rings is 1. The molecule has 0 radical (unpaired) electrons. The van der Waals surface area contributed by atoms with E-state index in [0.29, 0.717) is 16.7 Å². The number of hydrogen-bond acceptors (Lipinski definition) is 3. The van der Waals surface area contributed by atoms with Crippen molar-refractivity contribution < 1.29 is 0 Å². The predicted octanol–water partition coefficient (Wildman–Crippen LogP) is 8.18. The Bertz CT molecular complexity index is 2270. The highest BCUT2D eigenvalue weighted by atomic mass is 16.1. The summed E-state index contributed by atoms with van der Waals surface area (Å²) >= 11 is 0. The fourth-order valence-corrected chi connectivity index (χ4v) is 6.13. The monoisotopic (exact) mass is 513 g/mol. The zero-order valence-electron chi connectivity index (χ0n) is 21.5. The number of fused-ring (bicyclic) bond motifs is 4. The van der Waals surface area contributed by atoms with Crippen LogP contribution in [0.25, 0.3) is 71.6 Å². The summed E-state index contributed by atoms with van der Waals surface area (Å²) in [6.07, 6.45) is 0. The average Bonchev–Trinajstić information content (AvgIpc) is 3.42. The fraction of sp³-hybridized carbons (Fsp3) is 0. The van der Waals surface area contributed by atoms with Crippen LogP contribution in [0.15, 0.2) is 132 Å². The van der Waals surface area contributed by atoms with Crippen molar-refractivity contribution in [1.29, 1.82) is 0 Å². The molecular weight excluding hydrogens is 490 g/mol. The van der Waals surface area contributed by atoms with Crippen LogP contribution in [-0.4, -0.2) is 9.38 Å². The normalized spacial score (nSPS) is 11.7. The second-order valence-corrected chi connectivity index (χ2v) is 10.1. The molecule has 0 bridgehead atoms. The van der Waals surface area contributed by atoms with Gasteiger partial charge in [0.25, 0.3) is 5.56 Å².